The Balaban J connectivity index is 2.48. The number of rotatable bonds is 1. The Morgan fingerprint density at radius 2 is 2.14 bits per heavy atom. The lowest BCUT2D eigenvalue weighted by Crippen LogP contribution is -1.94. The van der Waals surface area contributed by atoms with Crippen LogP contribution in [0, 0.1) is 0 Å². The van der Waals surface area contributed by atoms with Gasteiger partial charge in [-0.2, -0.15) is 4.36 Å². The van der Waals surface area contributed by atoms with Crippen LogP contribution in [0.15, 0.2) is 22.6 Å². The molecule has 0 saturated heterocycles. The molecule has 1 unspecified atom stereocenters. The minimum absolute atomic E-state index is 0.522. The monoisotopic (exact) mass is 209 g/mol. The van der Waals surface area contributed by atoms with Crippen LogP contribution in [0.1, 0.15) is 30.9 Å². The van der Waals surface area contributed by atoms with Gasteiger partial charge in [-0.1, -0.05) is 26.0 Å². The Hall–Kier alpha value is -0.830. The quantitative estimate of drug-likeness (QED) is 0.699. The molecular weight excluding hydrogens is 194 g/mol. The molecule has 0 aromatic heterocycles. The molecule has 0 radical (unpaired) electrons. The molecule has 1 aromatic carbocycles. The lowest BCUT2D eigenvalue weighted by molar-refractivity contribution is 0.681. The topological polar surface area (TPSA) is 29.4 Å². The van der Waals surface area contributed by atoms with Gasteiger partial charge < -0.3 is 0 Å². The molecule has 2 nitrogen and oxygen atoms in total. The summed E-state index contributed by atoms with van der Waals surface area (Å²) in [5.41, 5.74) is 3.36. The van der Waals surface area contributed by atoms with Gasteiger partial charge in [0.15, 0.2) is 0 Å². The Morgan fingerprint density at radius 1 is 1.43 bits per heavy atom. The van der Waals surface area contributed by atoms with Gasteiger partial charge in [-0.15, -0.1) is 0 Å². The van der Waals surface area contributed by atoms with Crippen LogP contribution in [-0.2, 0) is 15.5 Å². The highest BCUT2D eigenvalue weighted by molar-refractivity contribution is 7.92. The molecule has 14 heavy (non-hydrogen) atoms. The van der Waals surface area contributed by atoms with Crippen molar-refractivity contribution in [1.29, 1.82) is 0 Å². The number of hydrogen-bond acceptors (Lipinski definition) is 2. The van der Waals surface area contributed by atoms with Crippen LogP contribution < -0.4 is 0 Å². The van der Waals surface area contributed by atoms with Crippen molar-refractivity contribution in [3.05, 3.63) is 29.3 Å². The van der Waals surface area contributed by atoms with E-state index in [9.17, 15) is 4.21 Å². The third kappa shape index (κ3) is 1.69. The van der Waals surface area contributed by atoms with Gasteiger partial charge in [0.05, 0.1) is 21.2 Å². The van der Waals surface area contributed by atoms with Crippen LogP contribution in [0.2, 0.25) is 0 Å². The largest absolute Gasteiger partial charge is 0.249 e. The van der Waals surface area contributed by atoms with E-state index in [2.05, 4.69) is 30.3 Å². The highest BCUT2D eigenvalue weighted by Crippen LogP contribution is 2.32. The maximum atomic E-state index is 11.8. The maximum absolute atomic E-state index is 11.8. The fourth-order valence-corrected chi connectivity index (χ4v) is 3.17. The summed E-state index contributed by atoms with van der Waals surface area (Å²) in [6, 6.07) is 6.20. The van der Waals surface area contributed by atoms with Crippen LogP contribution in [0.4, 0.5) is 5.69 Å². The van der Waals surface area contributed by atoms with Crippen LogP contribution in [-0.4, -0.2) is 10.5 Å². The van der Waals surface area contributed by atoms with Gasteiger partial charge in [0.1, 0.15) is 0 Å². The summed E-state index contributed by atoms with van der Waals surface area (Å²) in [4.78, 5) is 0. The second-order valence-electron chi connectivity index (χ2n) is 4.24. The van der Waals surface area contributed by atoms with Crippen molar-refractivity contribution in [2.24, 2.45) is 4.36 Å². The molecule has 1 heterocycles. The normalized spacial score (nSPS) is 24.9. The second kappa shape index (κ2) is 3.09. The molecule has 1 aromatic rings. The smallest absolute Gasteiger partial charge is 0.0772 e. The first-order chi connectivity index (χ1) is 6.48. The van der Waals surface area contributed by atoms with Crippen molar-refractivity contribution in [1.82, 2.24) is 0 Å². The zero-order chi connectivity index (χ0) is 10.3. The van der Waals surface area contributed by atoms with Crippen molar-refractivity contribution in [2.45, 2.75) is 25.5 Å². The van der Waals surface area contributed by atoms with E-state index in [1.54, 1.807) is 6.26 Å². The Kier molecular flexibility index (Phi) is 2.14. The van der Waals surface area contributed by atoms with Gasteiger partial charge >= 0.3 is 0 Å². The number of hydrogen-bond donors (Lipinski definition) is 0. The molecule has 2 rings (SSSR count). The van der Waals surface area contributed by atoms with Crippen LogP contribution >= 0.6 is 0 Å². The average Bonchev–Trinajstić information content (AvgIpc) is 2.36. The van der Waals surface area contributed by atoms with E-state index in [0.29, 0.717) is 11.7 Å². The molecule has 0 fully saturated rings. The van der Waals surface area contributed by atoms with E-state index in [-0.39, 0.29) is 0 Å². The fourth-order valence-electron chi connectivity index (χ4n) is 1.70. The Labute approximate surface area is 85.5 Å². The molecule has 0 N–H and O–H groups in total. The minimum Gasteiger partial charge on any atom is -0.249 e. The first-order valence-corrected chi connectivity index (χ1v) is 6.90. The van der Waals surface area contributed by atoms with Gasteiger partial charge in [-0.05, 0) is 23.1 Å². The number of benzene rings is 1. The zero-order valence-corrected chi connectivity index (χ0v) is 9.60. The van der Waals surface area contributed by atoms with E-state index >= 15 is 0 Å². The van der Waals surface area contributed by atoms with Gasteiger partial charge in [-0.3, -0.25) is 0 Å². The molecule has 0 saturated carbocycles. The lowest BCUT2D eigenvalue weighted by Gasteiger charge is -2.06. The Morgan fingerprint density at radius 3 is 2.79 bits per heavy atom. The fraction of sp³-hybridized carbons (Fsp3) is 0.455. The molecule has 1 atom stereocenters. The summed E-state index contributed by atoms with van der Waals surface area (Å²) in [7, 11) is -1.97. The average molecular weight is 209 g/mol. The molecule has 1 aliphatic heterocycles. The van der Waals surface area contributed by atoms with Crippen molar-refractivity contribution in [3.63, 3.8) is 0 Å². The van der Waals surface area contributed by atoms with Gasteiger partial charge in [0.25, 0.3) is 0 Å². The first kappa shape index (κ1) is 9.71. The van der Waals surface area contributed by atoms with E-state index in [1.807, 2.05) is 6.07 Å². The summed E-state index contributed by atoms with van der Waals surface area (Å²) < 4.78 is 16.0. The summed E-state index contributed by atoms with van der Waals surface area (Å²) in [6.45, 7) is 4.33. The molecule has 0 bridgehead atoms. The third-order valence-electron chi connectivity index (χ3n) is 2.48. The first-order valence-electron chi connectivity index (χ1n) is 4.80. The number of nitrogens with zero attached hydrogens (tertiary/aromatic N) is 1. The van der Waals surface area contributed by atoms with E-state index in [1.165, 1.54) is 5.56 Å². The minimum atomic E-state index is -1.97. The maximum Gasteiger partial charge on any atom is 0.0772 e. The predicted octanol–water partition coefficient (Wildman–Crippen LogP) is 3.05. The summed E-state index contributed by atoms with van der Waals surface area (Å²) in [5.74, 6) is 1.14. The molecule has 3 heteroatoms. The lowest BCUT2D eigenvalue weighted by atomic mass is 10.0. The number of fused-ring (bicyclic) bond motifs is 1. The molecule has 1 aliphatic rings. The van der Waals surface area contributed by atoms with E-state index in [4.69, 9.17) is 0 Å². The Bertz CT molecular complexity index is 482. The second-order valence-corrected chi connectivity index (χ2v) is 6.63. The van der Waals surface area contributed by atoms with Crippen molar-refractivity contribution >= 4 is 15.4 Å². The molecule has 76 valence electrons. The molecule has 0 aliphatic carbocycles. The van der Waals surface area contributed by atoms with Gasteiger partial charge in [0.2, 0.25) is 0 Å². The van der Waals surface area contributed by atoms with Crippen molar-refractivity contribution in [3.8, 4) is 0 Å². The molecular formula is C11H15NOS. The van der Waals surface area contributed by atoms with Crippen molar-refractivity contribution < 1.29 is 4.21 Å². The third-order valence-corrected chi connectivity index (χ3v) is 3.91. The zero-order valence-electron chi connectivity index (χ0n) is 8.78. The van der Waals surface area contributed by atoms with E-state index < -0.39 is 9.73 Å². The standard InChI is InChI=1S/C11H15NOS/c1-8(2)9-4-5-11-10(6-9)7-14(3,13)12-11/h4-6,8H,7H2,1-3H3. The van der Waals surface area contributed by atoms with E-state index in [0.717, 1.165) is 11.3 Å². The highest BCUT2D eigenvalue weighted by atomic mass is 32.2. The predicted molar refractivity (Wildman–Crippen MR) is 60.4 cm³/mol. The van der Waals surface area contributed by atoms with Crippen LogP contribution in [0.3, 0.4) is 0 Å². The van der Waals surface area contributed by atoms with Crippen molar-refractivity contribution in [2.75, 3.05) is 6.26 Å². The van der Waals surface area contributed by atoms with Crippen LogP contribution in [0.5, 0.6) is 0 Å². The highest BCUT2D eigenvalue weighted by Gasteiger charge is 2.17. The van der Waals surface area contributed by atoms with Crippen LogP contribution in [0.25, 0.3) is 0 Å². The van der Waals surface area contributed by atoms with Gasteiger partial charge in [-0.25, -0.2) is 4.21 Å². The molecule has 0 spiro atoms. The summed E-state index contributed by atoms with van der Waals surface area (Å²) in [6.07, 6.45) is 1.72. The summed E-state index contributed by atoms with van der Waals surface area (Å²) >= 11 is 0. The SMILES string of the molecule is CC(C)c1ccc2c(c1)CS(C)(=O)=N2. The molecule has 0 amide bonds. The summed E-state index contributed by atoms with van der Waals surface area (Å²) in [5, 5.41) is 0. The van der Waals surface area contributed by atoms with Gasteiger partial charge in [0, 0.05) is 6.26 Å².